The van der Waals surface area contributed by atoms with Crippen molar-refractivity contribution in [2.75, 3.05) is 20.3 Å². The lowest BCUT2D eigenvalue weighted by Crippen LogP contribution is -2.40. The van der Waals surface area contributed by atoms with Crippen LogP contribution in [0, 0.1) is 0 Å². The Balaban J connectivity index is 2.23. The number of aryl methyl sites for hydroxylation is 1. The summed E-state index contributed by atoms with van der Waals surface area (Å²) in [6, 6.07) is 2.19. The first-order chi connectivity index (χ1) is 8.67. The number of hydrogen-bond donors (Lipinski definition) is 2. The minimum Gasteiger partial charge on any atom is -0.383 e. The van der Waals surface area contributed by atoms with Gasteiger partial charge in [-0.25, -0.2) is 0 Å². The summed E-state index contributed by atoms with van der Waals surface area (Å²) in [6.45, 7) is 5.71. The van der Waals surface area contributed by atoms with Crippen molar-refractivity contribution in [1.29, 1.82) is 0 Å². The second kappa shape index (κ2) is 8.24. The van der Waals surface area contributed by atoms with E-state index in [4.69, 9.17) is 4.74 Å². The first-order valence-corrected chi connectivity index (χ1v) is 7.09. The maximum atomic E-state index is 11.6. The van der Waals surface area contributed by atoms with E-state index in [0.29, 0.717) is 13.2 Å². The average Bonchev–Trinajstić information content (AvgIpc) is 2.76. The third-order valence-electron chi connectivity index (χ3n) is 2.61. The number of carbonyl (C=O) groups is 1. The average molecular weight is 270 g/mol. The van der Waals surface area contributed by atoms with Crippen LogP contribution < -0.4 is 10.6 Å². The van der Waals surface area contributed by atoms with Gasteiger partial charge in [-0.3, -0.25) is 4.79 Å². The first-order valence-electron chi connectivity index (χ1n) is 6.21. The molecule has 102 valence electrons. The Kier molecular flexibility index (Phi) is 6.93. The van der Waals surface area contributed by atoms with Gasteiger partial charge in [-0.15, -0.1) is 11.3 Å². The summed E-state index contributed by atoms with van der Waals surface area (Å²) in [6.07, 6.45) is 1.04. The predicted molar refractivity (Wildman–Crippen MR) is 74.9 cm³/mol. The van der Waals surface area contributed by atoms with Gasteiger partial charge in [-0.2, -0.15) is 0 Å². The van der Waals surface area contributed by atoms with Crippen LogP contribution in [-0.4, -0.2) is 32.2 Å². The molecule has 1 heterocycles. The lowest BCUT2D eigenvalue weighted by Gasteiger charge is -2.13. The highest BCUT2D eigenvalue weighted by Gasteiger charge is 2.07. The van der Waals surface area contributed by atoms with E-state index in [9.17, 15) is 4.79 Å². The molecule has 0 bridgehead atoms. The fourth-order valence-electron chi connectivity index (χ4n) is 1.74. The zero-order chi connectivity index (χ0) is 13.4. The highest BCUT2D eigenvalue weighted by Crippen LogP contribution is 2.16. The Labute approximate surface area is 113 Å². The molecule has 0 fully saturated rings. The summed E-state index contributed by atoms with van der Waals surface area (Å²) in [7, 11) is 1.63. The van der Waals surface area contributed by atoms with Gasteiger partial charge in [0.15, 0.2) is 0 Å². The van der Waals surface area contributed by atoms with Crippen molar-refractivity contribution >= 4 is 17.2 Å². The minimum absolute atomic E-state index is 0.00848. The van der Waals surface area contributed by atoms with Gasteiger partial charge in [0.1, 0.15) is 0 Å². The second-order valence-electron chi connectivity index (χ2n) is 4.25. The predicted octanol–water partition coefficient (Wildman–Crippen LogP) is 1.55. The number of hydrogen-bond acceptors (Lipinski definition) is 4. The number of amides is 1. The second-order valence-corrected chi connectivity index (χ2v) is 5.25. The van der Waals surface area contributed by atoms with Gasteiger partial charge in [0.25, 0.3) is 0 Å². The van der Waals surface area contributed by atoms with Crippen LogP contribution in [0.1, 0.15) is 24.3 Å². The number of ether oxygens (including phenoxy) is 1. The van der Waals surface area contributed by atoms with Gasteiger partial charge in [0, 0.05) is 24.6 Å². The summed E-state index contributed by atoms with van der Waals surface area (Å²) >= 11 is 1.73. The summed E-state index contributed by atoms with van der Waals surface area (Å²) in [4.78, 5) is 12.9. The highest BCUT2D eigenvalue weighted by molar-refractivity contribution is 7.10. The smallest absolute Gasteiger partial charge is 0.234 e. The molecule has 1 amide bonds. The van der Waals surface area contributed by atoms with E-state index in [1.807, 2.05) is 6.92 Å². The van der Waals surface area contributed by atoms with Crippen LogP contribution in [-0.2, 0) is 22.5 Å². The molecule has 1 unspecified atom stereocenters. The van der Waals surface area contributed by atoms with Crippen molar-refractivity contribution in [3.8, 4) is 0 Å². The largest absolute Gasteiger partial charge is 0.383 e. The van der Waals surface area contributed by atoms with Gasteiger partial charge in [0.05, 0.1) is 13.2 Å². The summed E-state index contributed by atoms with van der Waals surface area (Å²) in [5.74, 6) is 0.00848. The molecule has 5 heteroatoms. The van der Waals surface area contributed by atoms with E-state index in [2.05, 4.69) is 29.0 Å². The van der Waals surface area contributed by atoms with Crippen LogP contribution >= 0.6 is 11.3 Å². The summed E-state index contributed by atoms with van der Waals surface area (Å²) in [5.41, 5.74) is 1.36. The molecule has 1 aromatic heterocycles. The molecular formula is C13H22N2O2S. The standard InChI is InChI=1S/C13H22N2O2S/c1-4-11-5-6-18-12(11)7-14-8-13(16)15-10(2)9-17-3/h5-6,10,14H,4,7-9H2,1-3H3,(H,15,16). The molecule has 2 N–H and O–H groups in total. The molecule has 0 saturated carbocycles. The number of carbonyl (C=O) groups excluding carboxylic acids is 1. The van der Waals surface area contributed by atoms with Gasteiger partial charge in [-0.05, 0) is 30.4 Å². The summed E-state index contributed by atoms with van der Waals surface area (Å²) in [5, 5.41) is 8.13. The molecule has 1 atom stereocenters. The van der Waals surface area contributed by atoms with Crippen molar-refractivity contribution in [2.24, 2.45) is 0 Å². The monoisotopic (exact) mass is 270 g/mol. The van der Waals surface area contributed by atoms with E-state index in [-0.39, 0.29) is 11.9 Å². The van der Waals surface area contributed by atoms with Crippen molar-refractivity contribution in [2.45, 2.75) is 32.9 Å². The van der Waals surface area contributed by atoms with Crippen molar-refractivity contribution in [3.63, 3.8) is 0 Å². The van der Waals surface area contributed by atoms with Crippen LogP contribution in [0.15, 0.2) is 11.4 Å². The molecule has 1 rings (SSSR count). The fraction of sp³-hybridized carbons (Fsp3) is 0.615. The van der Waals surface area contributed by atoms with Crippen molar-refractivity contribution < 1.29 is 9.53 Å². The van der Waals surface area contributed by atoms with Crippen LogP contribution in [0.4, 0.5) is 0 Å². The molecule has 0 aliphatic carbocycles. The number of thiophene rings is 1. The maximum absolute atomic E-state index is 11.6. The van der Waals surface area contributed by atoms with Gasteiger partial charge in [0.2, 0.25) is 5.91 Å². The van der Waals surface area contributed by atoms with Crippen LogP contribution in [0.2, 0.25) is 0 Å². The Hall–Kier alpha value is -0.910. The Bertz CT molecular complexity index is 366. The number of rotatable bonds is 8. The molecule has 18 heavy (non-hydrogen) atoms. The lowest BCUT2D eigenvalue weighted by atomic mass is 10.2. The van der Waals surface area contributed by atoms with Crippen molar-refractivity contribution in [3.05, 3.63) is 21.9 Å². The third kappa shape index (κ3) is 5.16. The fourth-order valence-corrected chi connectivity index (χ4v) is 2.69. The molecule has 0 aliphatic heterocycles. The number of methoxy groups -OCH3 is 1. The Morgan fingerprint density at radius 3 is 3.00 bits per heavy atom. The zero-order valence-corrected chi connectivity index (χ0v) is 12.1. The van der Waals surface area contributed by atoms with Crippen molar-refractivity contribution in [1.82, 2.24) is 10.6 Å². The van der Waals surface area contributed by atoms with E-state index in [1.165, 1.54) is 10.4 Å². The molecule has 0 spiro atoms. The molecule has 4 nitrogen and oxygen atoms in total. The van der Waals surface area contributed by atoms with E-state index in [1.54, 1.807) is 18.4 Å². The molecule has 0 radical (unpaired) electrons. The quantitative estimate of drug-likeness (QED) is 0.753. The van der Waals surface area contributed by atoms with Gasteiger partial charge in [-0.1, -0.05) is 6.92 Å². The molecular weight excluding hydrogens is 248 g/mol. The van der Waals surface area contributed by atoms with E-state index in [0.717, 1.165) is 13.0 Å². The van der Waals surface area contributed by atoms with Crippen LogP contribution in [0.5, 0.6) is 0 Å². The van der Waals surface area contributed by atoms with E-state index >= 15 is 0 Å². The van der Waals surface area contributed by atoms with Crippen LogP contribution in [0.3, 0.4) is 0 Å². The first kappa shape index (κ1) is 15.1. The highest BCUT2D eigenvalue weighted by atomic mass is 32.1. The lowest BCUT2D eigenvalue weighted by molar-refractivity contribution is -0.121. The van der Waals surface area contributed by atoms with Crippen LogP contribution in [0.25, 0.3) is 0 Å². The molecule has 1 aromatic rings. The normalized spacial score (nSPS) is 12.4. The topological polar surface area (TPSA) is 50.4 Å². The van der Waals surface area contributed by atoms with E-state index < -0.39 is 0 Å². The Morgan fingerprint density at radius 2 is 2.33 bits per heavy atom. The minimum atomic E-state index is 0.00848. The Morgan fingerprint density at radius 1 is 1.56 bits per heavy atom. The zero-order valence-electron chi connectivity index (χ0n) is 11.3. The summed E-state index contributed by atoms with van der Waals surface area (Å²) < 4.78 is 4.96. The number of nitrogens with one attached hydrogen (secondary N) is 2. The maximum Gasteiger partial charge on any atom is 0.234 e. The SMILES string of the molecule is CCc1ccsc1CNCC(=O)NC(C)COC. The van der Waals surface area contributed by atoms with Gasteiger partial charge >= 0.3 is 0 Å². The molecule has 0 aliphatic rings. The molecule has 0 saturated heterocycles. The third-order valence-corrected chi connectivity index (χ3v) is 3.58. The molecule has 0 aromatic carbocycles. The van der Waals surface area contributed by atoms with Gasteiger partial charge < -0.3 is 15.4 Å².